The lowest BCUT2D eigenvalue weighted by atomic mass is 10.1. The number of benzene rings is 1. The van der Waals surface area contributed by atoms with Crippen molar-refractivity contribution >= 4 is 0 Å². The Bertz CT molecular complexity index is 390. The summed E-state index contributed by atoms with van der Waals surface area (Å²) in [6.45, 7) is 0.875. The van der Waals surface area contributed by atoms with E-state index in [2.05, 4.69) is 5.32 Å². The third-order valence-electron chi connectivity index (χ3n) is 2.96. The van der Waals surface area contributed by atoms with Crippen LogP contribution in [0.25, 0.3) is 0 Å². The van der Waals surface area contributed by atoms with Gasteiger partial charge >= 0.3 is 0 Å². The lowest BCUT2D eigenvalue weighted by Gasteiger charge is -2.12. The molecule has 86 valence electrons. The monoisotopic (exact) mass is 221 g/mol. The van der Waals surface area contributed by atoms with Crippen molar-refractivity contribution in [2.45, 2.75) is 25.0 Å². The van der Waals surface area contributed by atoms with Gasteiger partial charge in [0.05, 0.1) is 6.10 Å². The van der Waals surface area contributed by atoms with E-state index in [4.69, 9.17) is 9.47 Å². The van der Waals surface area contributed by atoms with Crippen LogP contribution in [0, 0.1) is 0 Å². The molecule has 1 fully saturated rings. The highest BCUT2D eigenvalue weighted by molar-refractivity contribution is 5.45. The Morgan fingerprint density at radius 2 is 2.12 bits per heavy atom. The second-order valence-corrected chi connectivity index (χ2v) is 4.31. The molecule has 0 radical (unpaired) electrons. The summed E-state index contributed by atoms with van der Waals surface area (Å²) < 4.78 is 10.5. The Hall–Kier alpha value is -1.26. The van der Waals surface area contributed by atoms with Gasteiger partial charge in [0.1, 0.15) is 0 Å². The molecule has 1 aliphatic heterocycles. The molecule has 2 N–H and O–H groups in total. The van der Waals surface area contributed by atoms with Crippen molar-refractivity contribution < 1.29 is 14.6 Å². The van der Waals surface area contributed by atoms with Crippen molar-refractivity contribution in [2.75, 3.05) is 13.3 Å². The zero-order valence-electron chi connectivity index (χ0n) is 8.98. The fourth-order valence-electron chi connectivity index (χ4n) is 1.80. The van der Waals surface area contributed by atoms with Gasteiger partial charge in [-0.05, 0) is 30.5 Å². The molecule has 1 heterocycles. The van der Waals surface area contributed by atoms with Crippen LogP contribution in [-0.2, 0) is 0 Å². The third kappa shape index (κ3) is 1.99. The summed E-state index contributed by atoms with van der Waals surface area (Å²) in [5, 5.41) is 13.3. The van der Waals surface area contributed by atoms with Gasteiger partial charge in [-0.3, -0.25) is 0 Å². The molecule has 4 heteroatoms. The Morgan fingerprint density at radius 1 is 1.31 bits per heavy atom. The van der Waals surface area contributed by atoms with Gasteiger partial charge in [-0.15, -0.1) is 0 Å². The maximum atomic E-state index is 9.97. The molecular formula is C12H15NO3. The highest BCUT2D eigenvalue weighted by Gasteiger charge is 2.22. The van der Waals surface area contributed by atoms with Gasteiger partial charge in [-0.1, -0.05) is 6.07 Å². The van der Waals surface area contributed by atoms with E-state index in [0.717, 1.165) is 17.1 Å². The van der Waals surface area contributed by atoms with E-state index in [0.29, 0.717) is 12.6 Å². The average Bonchev–Trinajstić information content (AvgIpc) is 3.01. The van der Waals surface area contributed by atoms with Crippen molar-refractivity contribution in [3.63, 3.8) is 0 Å². The molecule has 0 bridgehead atoms. The second-order valence-electron chi connectivity index (χ2n) is 4.31. The van der Waals surface area contributed by atoms with Gasteiger partial charge in [0.15, 0.2) is 11.5 Å². The quantitative estimate of drug-likeness (QED) is 0.802. The number of aliphatic hydroxyl groups is 1. The van der Waals surface area contributed by atoms with Crippen molar-refractivity contribution in [3.8, 4) is 11.5 Å². The minimum Gasteiger partial charge on any atom is -0.454 e. The Labute approximate surface area is 94.2 Å². The summed E-state index contributed by atoms with van der Waals surface area (Å²) in [6, 6.07) is 6.19. The van der Waals surface area contributed by atoms with E-state index in [1.807, 2.05) is 18.2 Å². The molecule has 4 nitrogen and oxygen atoms in total. The lowest BCUT2D eigenvalue weighted by Crippen LogP contribution is -2.23. The second kappa shape index (κ2) is 3.96. The van der Waals surface area contributed by atoms with Crippen LogP contribution >= 0.6 is 0 Å². The summed E-state index contributed by atoms with van der Waals surface area (Å²) in [5.74, 6) is 1.48. The highest BCUT2D eigenvalue weighted by Crippen LogP contribution is 2.34. The summed E-state index contributed by atoms with van der Waals surface area (Å²) in [7, 11) is 0. The highest BCUT2D eigenvalue weighted by atomic mass is 16.7. The van der Waals surface area contributed by atoms with Crippen LogP contribution in [0.2, 0.25) is 0 Å². The molecule has 0 spiro atoms. The predicted octanol–water partition coefficient (Wildman–Crippen LogP) is 1.20. The van der Waals surface area contributed by atoms with Gasteiger partial charge in [-0.2, -0.15) is 0 Å². The molecular weight excluding hydrogens is 206 g/mol. The Balaban J connectivity index is 1.67. The molecule has 0 aromatic heterocycles. The standard InChI is InChI=1S/C12H15NO3/c14-10(6-13-9-2-3-9)8-1-4-11-12(5-8)16-7-15-11/h1,4-5,9-10,13-14H,2-3,6-7H2. The van der Waals surface area contributed by atoms with Gasteiger partial charge in [0.2, 0.25) is 6.79 Å². The maximum Gasteiger partial charge on any atom is 0.231 e. The zero-order chi connectivity index (χ0) is 11.0. The first-order valence-corrected chi connectivity index (χ1v) is 5.64. The van der Waals surface area contributed by atoms with Crippen LogP contribution in [0.1, 0.15) is 24.5 Å². The summed E-state index contributed by atoms with van der Waals surface area (Å²) in [6.07, 6.45) is 1.98. The SMILES string of the molecule is OC(CNC1CC1)c1ccc2c(c1)OCO2. The molecule has 2 aliphatic rings. The number of nitrogens with one attached hydrogen (secondary N) is 1. The molecule has 1 aromatic carbocycles. The number of ether oxygens (including phenoxy) is 2. The van der Waals surface area contributed by atoms with E-state index in [1.165, 1.54) is 12.8 Å². The zero-order valence-corrected chi connectivity index (χ0v) is 8.98. The first kappa shape index (κ1) is 9.93. The number of fused-ring (bicyclic) bond motifs is 1. The van der Waals surface area contributed by atoms with E-state index in [1.54, 1.807) is 0 Å². The van der Waals surface area contributed by atoms with Gasteiger partial charge in [-0.25, -0.2) is 0 Å². The summed E-state index contributed by atoms with van der Waals surface area (Å²) in [4.78, 5) is 0. The van der Waals surface area contributed by atoms with Crippen molar-refractivity contribution in [1.82, 2.24) is 5.32 Å². The van der Waals surface area contributed by atoms with Gasteiger partial charge in [0.25, 0.3) is 0 Å². The molecule has 1 aliphatic carbocycles. The van der Waals surface area contributed by atoms with E-state index in [-0.39, 0.29) is 6.79 Å². The number of aliphatic hydroxyl groups excluding tert-OH is 1. The number of rotatable bonds is 4. The topological polar surface area (TPSA) is 50.7 Å². The summed E-state index contributed by atoms with van der Waals surface area (Å²) >= 11 is 0. The van der Waals surface area contributed by atoms with Crippen molar-refractivity contribution in [2.24, 2.45) is 0 Å². The minimum atomic E-state index is -0.477. The van der Waals surface area contributed by atoms with E-state index < -0.39 is 6.10 Å². The maximum absolute atomic E-state index is 9.97. The number of hydrogen-bond acceptors (Lipinski definition) is 4. The third-order valence-corrected chi connectivity index (χ3v) is 2.96. The molecule has 0 saturated heterocycles. The molecule has 16 heavy (non-hydrogen) atoms. The molecule has 0 amide bonds. The van der Waals surface area contributed by atoms with Crippen LogP contribution in [0.15, 0.2) is 18.2 Å². The van der Waals surface area contributed by atoms with Crippen molar-refractivity contribution in [3.05, 3.63) is 23.8 Å². The molecule has 1 atom stereocenters. The van der Waals surface area contributed by atoms with Crippen LogP contribution < -0.4 is 14.8 Å². The molecule has 1 aromatic rings. The minimum absolute atomic E-state index is 0.273. The van der Waals surface area contributed by atoms with Crippen LogP contribution in [0.3, 0.4) is 0 Å². The fraction of sp³-hybridized carbons (Fsp3) is 0.500. The molecule has 3 rings (SSSR count). The lowest BCUT2D eigenvalue weighted by molar-refractivity contribution is 0.170. The Kier molecular flexibility index (Phi) is 2.46. The van der Waals surface area contributed by atoms with E-state index >= 15 is 0 Å². The summed E-state index contributed by atoms with van der Waals surface area (Å²) in [5.41, 5.74) is 0.873. The molecule has 1 unspecified atom stereocenters. The average molecular weight is 221 g/mol. The van der Waals surface area contributed by atoms with Gasteiger partial charge < -0.3 is 19.9 Å². The predicted molar refractivity (Wildman–Crippen MR) is 58.5 cm³/mol. The first-order chi connectivity index (χ1) is 7.83. The Morgan fingerprint density at radius 3 is 2.94 bits per heavy atom. The molecule has 1 saturated carbocycles. The van der Waals surface area contributed by atoms with E-state index in [9.17, 15) is 5.11 Å². The smallest absolute Gasteiger partial charge is 0.231 e. The number of hydrogen-bond donors (Lipinski definition) is 2. The first-order valence-electron chi connectivity index (χ1n) is 5.64. The van der Waals surface area contributed by atoms with Crippen LogP contribution in [0.5, 0.6) is 11.5 Å². The van der Waals surface area contributed by atoms with Crippen LogP contribution in [-0.4, -0.2) is 24.5 Å². The van der Waals surface area contributed by atoms with Gasteiger partial charge in [0, 0.05) is 12.6 Å². The van der Waals surface area contributed by atoms with Crippen molar-refractivity contribution in [1.29, 1.82) is 0 Å². The van der Waals surface area contributed by atoms with Crippen LogP contribution in [0.4, 0.5) is 0 Å². The largest absolute Gasteiger partial charge is 0.454 e. The normalized spacial score (nSPS) is 19.8. The fourth-order valence-corrected chi connectivity index (χ4v) is 1.80.